The highest BCUT2D eigenvalue weighted by molar-refractivity contribution is 9.10. The molecule has 0 bridgehead atoms. The maximum Gasteiger partial charge on any atom is 0.353 e. The van der Waals surface area contributed by atoms with E-state index in [4.69, 9.17) is 10.1 Å². The Kier molecular flexibility index (Phi) is 6.39. The Labute approximate surface area is 163 Å². The van der Waals surface area contributed by atoms with Gasteiger partial charge in [0.15, 0.2) is 0 Å². The lowest BCUT2D eigenvalue weighted by atomic mass is 9.99. The average molecular weight is 419 g/mol. The molecule has 1 radical (unpaired) electrons. The van der Waals surface area contributed by atoms with Crippen LogP contribution >= 0.6 is 15.9 Å². The molecule has 6 heteroatoms. The van der Waals surface area contributed by atoms with Crippen LogP contribution in [-0.4, -0.2) is 27.2 Å². The van der Waals surface area contributed by atoms with Gasteiger partial charge < -0.3 is 9.72 Å². The SMILES string of the molecule is [CH2]Cc1nc([C@@H](CC)C(=N)C(=O)OC(C)(C)C)[nH]c1-c1ccc(Br)cc1. The lowest BCUT2D eigenvalue weighted by molar-refractivity contribution is -0.146. The van der Waals surface area contributed by atoms with Crippen molar-refractivity contribution in [2.24, 2.45) is 0 Å². The van der Waals surface area contributed by atoms with Gasteiger partial charge in [-0.05, 0) is 58.2 Å². The zero-order chi connectivity index (χ0) is 19.5. The van der Waals surface area contributed by atoms with Crippen LogP contribution in [0.4, 0.5) is 0 Å². The number of hydrogen-bond acceptors (Lipinski definition) is 4. The minimum absolute atomic E-state index is 0.0888. The number of ether oxygens (including phenoxy) is 1. The predicted molar refractivity (Wildman–Crippen MR) is 107 cm³/mol. The first-order valence-electron chi connectivity index (χ1n) is 8.62. The number of esters is 1. The van der Waals surface area contributed by atoms with E-state index in [1.807, 2.05) is 31.2 Å². The van der Waals surface area contributed by atoms with Crippen LogP contribution in [0, 0.1) is 12.3 Å². The Morgan fingerprint density at radius 3 is 2.46 bits per heavy atom. The largest absolute Gasteiger partial charge is 0.455 e. The number of carbonyl (C=O) groups is 1. The molecule has 1 aromatic heterocycles. The van der Waals surface area contributed by atoms with E-state index < -0.39 is 17.5 Å². The topological polar surface area (TPSA) is 78.8 Å². The second-order valence-corrected chi connectivity index (χ2v) is 7.99. The van der Waals surface area contributed by atoms with Crippen molar-refractivity contribution in [3.63, 3.8) is 0 Å². The van der Waals surface area contributed by atoms with E-state index in [9.17, 15) is 4.79 Å². The first-order chi connectivity index (χ1) is 12.2. The summed E-state index contributed by atoms with van der Waals surface area (Å²) in [4.78, 5) is 20.2. The van der Waals surface area contributed by atoms with E-state index in [-0.39, 0.29) is 5.71 Å². The van der Waals surface area contributed by atoms with Crippen molar-refractivity contribution in [1.29, 1.82) is 5.41 Å². The minimum Gasteiger partial charge on any atom is -0.455 e. The third kappa shape index (κ3) is 4.81. The fraction of sp³-hybridized carbons (Fsp3) is 0.400. The number of rotatable bonds is 6. The van der Waals surface area contributed by atoms with Gasteiger partial charge in [0.05, 0.1) is 17.3 Å². The van der Waals surface area contributed by atoms with Crippen LogP contribution in [0.15, 0.2) is 28.7 Å². The van der Waals surface area contributed by atoms with Crippen LogP contribution in [0.2, 0.25) is 0 Å². The molecule has 1 heterocycles. The molecule has 0 unspecified atom stereocenters. The number of aromatic amines is 1. The van der Waals surface area contributed by atoms with Crippen molar-refractivity contribution in [1.82, 2.24) is 9.97 Å². The molecule has 2 rings (SSSR count). The molecule has 0 amide bonds. The third-order valence-corrected chi connectivity index (χ3v) is 4.40. The number of H-pyrrole nitrogens is 1. The molecule has 1 atom stereocenters. The summed E-state index contributed by atoms with van der Waals surface area (Å²) in [5.41, 5.74) is 1.96. The molecule has 2 N–H and O–H groups in total. The summed E-state index contributed by atoms with van der Waals surface area (Å²) in [7, 11) is 0. The van der Waals surface area contributed by atoms with Gasteiger partial charge in [-0.1, -0.05) is 35.0 Å². The number of hydrogen-bond donors (Lipinski definition) is 2. The van der Waals surface area contributed by atoms with Crippen LogP contribution in [0.5, 0.6) is 0 Å². The standard InChI is InChI=1S/C20H25BrN3O2/c1-6-14(16(22)19(25)26-20(3,4)5)18-23-15(7-2)17(24-18)12-8-10-13(21)11-9-12/h8-11,14,22H,2,6-7H2,1,3-5H3,(H,23,24)/t14-/m0/s1. The molecule has 0 fully saturated rings. The molecule has 5 nitrogen and oxygen atoms in total. The number of imidazole rings is 1. The van der Waals surface area contributed by atoms with Gasteiger partial charge in [-0.25, -0.2) is 9.78 Å². The summed E-state index contributed by atoms with van der Waals surface area (Å²) in [5, 5.41) is 8.28. The maximum atomic E-state index is 12.3. The van der Waals surface area contributed by atoms with Gasteiger partial charge >= 0.3 is 5.97 Å². The Bertz CT molecular complexity index is 788. The molecular weight excluding hydrogens is 394 g/mol. The van der Waals surface area contributed by atoms with Crippen molar-refractivity contribution in [3.05, 3.63) is 47.2 Å². The molecule has 0 aliphatic rings. The first-order valence-corrected chi connectivity index (χ1v) is 9.41. The fourth-order valence-electron chi connectivity index (χ4n) is 2.64. The highest BCUT2D eigenvalue weighted by atomic mass is 79.9. The second kappa shape index (κ2) is 8.16. The summed E-state index contributed by atoms with van der Waals surface area (Å²) in [6.45, 7) is 11.2. The molecule has 0 aliphatic carbocycles. The van der Waals surface area contributed by atoms with Gasteiger partial charge in [-0.2, -0.15) is 0 Å². The van der Waals surface area contributed by atoms with Gasteiger partial charge in [0.25, 0.3) is 0 Å². The average Bonchev–Trinajstić information content (AvgIpc) is 2.98. The van der Waals surface area contributed by atoms with Crippen molar-refractivity contribution >= 4 is 27.6 Å². The summed E-state index contributed by atoms with van der Waals surface area (Å²) in [5.74, 6) is -0.457. The van der Waals surface area contributed by atoms with Crippen molar-refractivity contribution < 1.29 is 9.53 Å². The van der Waals surface area contributed by atoms with Gasteiger partial charge in [0, 0.05) is 4.47 Å². The lowest BCUT2D eigenvalue weighted by Gasteiger charge is -2.21. The highest BCUT2D eigenvalue weighted by Crippen LogP contribution is 2.28. The van der Waals surface area contributed by atoms with Crippen LogP contribution < -0.4 is 0 Å². The summed E-state index contributed by atoms with van der Waals surface area (Å²) < 4.78 is 6.34. The van der Waals surface area contributed by atoms with E-state index in [0.717, 1.165) is 21.4 Å². The van der Waals surface area contributed by atoms with Crippen molar-refractivity contribution in [2.45, 2.75) is 52.1 Å². The van der Waals surface area contributed by atoms with Gasteiger partial charge in [0.1, 0.15) is 17.1 Å². The number of nitrogens with zero attached hydrogens (tertiary/aromatic N) is 1. The maximum absolute atomic E-state index is 12.3. The van der Waals surface area contributed by atoms with Crippen LogP contribution in [0.3, 0.4) is 0 Å². The number of benzene rings is 1. The molecule has 0 aliphatic heterocycles. The Morgan fingerprint density at radius 2 is 1.96 bits per heavy atom. The second-order valence-electron chi connectivity index (χ2n) is 7.08. The van der Waals surface area contributed by atoms with Gasteiger partial charge in [-0.3, -0.25) is 5.41 Å². The smallest absolute Gasteiger partial charge is 0.353 e. The third-order valence-electron chi connectivity index (χ3n) is 3.87. The monoisotopic (exact) mass is 418 g/mol. The van der Waals surface area contributed by atoms with E-state index in [0.29, 0.717) is 18.7 Å². The normalized spacial score (nSPS) is 12.7. The molecule has 0 spiro atoms. The Hall–Kier alpha value is -1.95. The van der Waals surface area contributed by atoms with E-state index >= 15 is 0 Å². The molecule has 139 valence electrons. The molecule has 0 saturated carbocycles. The summed E-state index contributed by atoms with van der Waals surface area (Å²) in [6, 6.07) is 7.90. The number of carbonyl (C=O) groups excluding carboxylic acids is 1. The molecule has 2 aromatic rings. The van der Waals surface area contributed by atoms with Crippen molar-refractivity contribution in [2.75, 3.05) is 0 Å². The number of aromatic nitrogens is 2. The Morgan fingerprint density at radius 1 is 1.35 bits per heavy atom. The van der Waals surface area contributed by atoms with Crippen LogP contribution in [0.25, 0.3) is 11.3 Å². The molecule has 1 aromatic carbocycles. The fourth-order valence-corrected chi connectivity index (χ4v) is 2.90. The predicted octanol–water partition coefficient (Wildman–Crippen LogP) is 5.07. The van der Waals surface area contributed by atoms with Crippen LogP contribution in [0.1, 0.15) is 51.6 Å². The van der Waals surface area contributed by atoms with E-state index in [2.05, 4.69) is 32.8 Å². The zero-order valence-electron chi connectivity index (χ0n) is 15.6. The first kappa shape index (κ1) is 20.4. The van der Waals surface area contributed by atoms with E-state index in [1.54, 1.807) is 20.8 Å². The lowest BCUT2D eigenvalue weighted by Crippen LogP contribution is -2.31. The molecular formula is C20H25BrN3O2. The van der Waals surface area contributed by atoms with Crippen LogP contribution in [-0.2, 0) is 16.0 Å². The minimum atomic E-state index is -0.633. The zero-order valence-corrected chi connectivity index (χ0v) is 17.2. The quantitative estimate of drug-likeness (QED) is 0.507. The van der Waals surface area contributed by atoms with E-state index in [1.165, 1.54) is 0 Å². The van der Waals surface area contributed by atoms with Gasteiger partial charge in [0.2, 0.25) is 0 Å². The Balaban J connectivity index is 2.35. The molecule has 0 saturated heterocycles. The number of nitrogens with one attached hydrogen (secondary N) is 2. The number of halogens is 1. The summed E-state index contributed by atoms with van der Waals surface area (Å²) in [6.07, 6.45) is 1.08. The van der Waals surface area contributed by atoms with Gasteiger partial charge in [-0.15, -0.1) is 0 Å². The van der Waals surface area contributed by atoms with Crippen molar-refractivity contribution in [3.8, 4) is 11.3 Å². The summed E-state index contributed by atoms with van der Waals surface area (Å²) >= 11 is 3.43. The molecule has 26 heavy (non-hydrogen) atoms. The highest BCUT2D eigenvalue weighted by Gasteiger charge is 2.29.